The molecule has 0 atom stereocenters. The third-order valence-electron chi connectivity index (χ3n) is 3.71. The zero-order valence-electron chi connectivity index (χ0n) is 10.8. The fourth-order valence-electron chi connectivity index (χ4n) is 2.71. The van der Waals surface area contributed by atoms with Crippen LogP contribution in [0.3, 0.4) is 0 Å². The van der Waals surface area contributed by atoms with E-state index in [2.05, 4.69) is 23.1 Å². The summed E-state index contributed by atoms with van der Waals surface area (Å²) in [6, 6.07) is 13.2. The van der Waals surface area contributed by atoms with Gasteiger partial charge in [0.05, 0.1) is 0 Å². The normalized spacial score (nSPS) is 14.3. The molecule has 3 heteroatoms. The Morgan fingerprint density at radius 1 is 1.11 bits per heavy atom. The molecule has 2 aromatic rings. The van der Waals surface area contributed by atoms with Crippen molar-refractivity contribution in [2.75, 3.05) is 17.2 Å². The van der Waals surface area contributed by atoms with Crippen molar-refractivity contribution >= 4 is 11.4 Å². The lowest BCUT2D eigenvalue weighted by atomic mass is 10.0. The van der Waals surface area contributed by atoms with E-state index in [1.54, 1.807) is 12.1 Å². The number of rotatable bonds is 2. The Labute approximate surface area is 112 Å². The summed E-state index contributed by atoms with van der Waals surface area (Å²) >= 11 is 0. The average molecular weight is 256 g/mol. The quantitative estimate of drug-likeness (QED) is 0.835. The average Bonchev–Trinajstić information content (AvgIpc) is 2.43. The van der Waals surface area contributed by atoms with Crippen molar-refractivity contribution in [2.24, 2.45) is 0 Å². The van der Waals surface area contributed by atoms with Gasteiger partial charge in [0.25, 0.3) is 0 Å². The Bertz CT molecular complexity index is 575. The SMILES string of the molecule is Nc1cccc(F)c1CN1CCCc2ccccc21. The Hall–Kier alpha value is -2.03. The molecule has 0 unspecified atom stereocenters. The van der Waals surface area contributed by atoms with Gasteiger partial charge < -0.3 is 10.6 Å². The first-order chi connectivity index (χ1) is 9.25. The van der Waals surface area contributed by atoms with Gasteiger partial charge in [-0.3, -0.25) is 0 Å². The first kappa shape index (κ1) is 12.0. The maximum absolute atomic E-state index is 13.9. The second kappa shape index (κ2) is 4.92. The van der Waals surface area contributed by atoms with Crippen molar-refractivity contribution < 1.29 is 4.39 Å². The van der Waals surface area contributed by atoms with E-state index in [0.717, 1.165) is 19.4 Å². The van der Waals surface area contributed by atoms with Crippen LogP contribution in [0.25, 0.3) is 0 Å². The van der Waals surface area contributed by atoms with Gasteiger partial charge in [-0.25, -0.2) is 4.39 Å². The third-order valence-corrected chi connectivity index (χ3v) is 3.71. The molecule has 0 bridgehead atoms. The number of benzene rings is 2. The van der Waals surface area contributed by atoms with E-state index in [-0.39, 0.29) is 5.82 Å². The number of nitrogens with zero attached hydrogens (tertiary/aromatic N) is 1. The lowest BCUT2D eigenvalue weighted by molar-refractivity contribution is 0.599. The van der Waals surface area contributed by atoms with Gasteiger partial charge in [-0.2, -0.15) is 0 Å². The summed E-state index contributed by atoms with van der Waals surface area (Å²) in [7, 11) is 0. The molecule has 2 nitrogen and oxygen atoms in total. The number of para-hydroxylation sites is 1. The van der Waals surface area contributed by atoms with Gasteiger partial charge in [-0.1, -0.05) is 24.3 Å². The summed E-state index contributed by atoms with van der Waals surface area (Å²) in [6.45, 7) is 1.49. The summed E-state index contributed by atoms with van der Waals surface area (Å²) in [5.41, 5.74) is 9.56. The number of anilines is 2. The van der Waals surface area contributed by atoms with Gasteiger partial charge in [0.2, 0.25) is 0 Å². The van der Waals surface area contributed by atoms with Gasteiger partial charge in [0, 0.05) is 30.0 Å². The number of nitrogens with two attached hydrogens (primary N) is 1. The van der Waals surface area contributed by atoms with Crippen molar-refractivity contribution in [1.82, 2.24) is 0 Å². The Morgan fingerprint density at radius 3 is 2.79 bits per heavy atom. The lowest BCUT2D eigenvalue weighted by Crippen LogP contribution is -2.29. The zero-order valence-corrected chi connectivity index (χ0v) is 10.8. The third kappa shape index (κ3) is 2.28. The Balaban J connectivity index is 1.93. The van der Waals surface area contributed by atoms with E-state index in [9.17, 15) is 4.39 Å². The maximum atomic E-state index is 13.9. The molecule has 1 aliphatic heterocycles. The van der Waals surface area contributed by atoms with Crippen LogP contribution >= 0.6 is 0 Å². The fraction of sp³-hybridized carbons (Fsp3) is 0.250. The molecular formula is C16H17FN2. The molecule has 0 saturated heterocycles. The molecule has 0 aliphatic carbocycles. The van der Waals surface area contributed by atoms with Gasteiger partial charge in [-0.15, -0.1) is 0 Å². The molecule has 98 valence electrons. The lowest BCUT2D eigenvalue weighted by Gasteiger charge is -2.31. The topological polar surface area (TPSA) is 29.3 Å². The highest BCUT2D eigenvalue weighted by molar-refractivity contribution is 5.57. The van der Waals surface area contributed by atoms with Crippen LogP contribution in [0.1, 0.15) is 17.5 Å². The van der Waals surface area contributed by atoms with Crippen LogP contribution in [-0.4, -0.2) is 6.54 Å². The second-order valence-corrected chi connectivity index (χ2v) is 4.96. The number of nitrogen functional groups attached to an aromatic ring is 1. The number of halogens is 1. The summed E-state index contributed by atoms with van der Waals surface area (Å²) in [5, 5.41) is 0. The highest BCUT2D eigenvalue weighted by atomic mass is 19.1. The van der Waals surface area contributed by atoms with Gasteiger partial charge >= 0.3 is 0 Å². The maximum Gasteiger partial charge on any atom is 0.130 e. The van der Waals surface area contributed by atoms with Crippen LogP contribution in [-0.2, 0) is 13.0 Å². The molecule has 0 spiro atoms. The molecule has 0 amide bonds. The molecule has 2 aromatic carbocycles. The molecule has 2 N–H and O–H groups in total. The van der Waals surface area contributed by atoms with E-state index in [1.807, 2.05) is 6.07 Å². The molecule has 0 radical (unpaired) electrons. The first-order valence-corrected chi connectivity index (χ1v) is 6.61. The molecule has 0 aromatic heterocycles. The summed E-state index contributed by atoms with van der Waals surface area (Å²) in [6.07, 6.45) is 2.20. The minimum Gasteiger partial charge on any atom is -0.398 e. The van der Waals surface area contributed by atoms with Crippen molar-refractivity contribution in [3.8, 4) is 0 Å². The second-order valence-electron chi connectivity index (χ2n) is 4.96. The minimum atomic E-state index is -0.219. The number of fused-ring (bicyclic) bond motifs is 1. The summed E-state index contributed by atoms with van der Waals surface area (Å²) < 4.78 is 13.9. The van der Waals surface area contributed by atoms with E-state index in [0.29, 0.717) is 17.8 Å². The molecule has 0 fully saturated rings. The van der Waals surface area contributed by atoms with Crippen LogP contribution in [0.15, 0.2) is 42.5 Å². The molecular weight excluding hydrogens is 239 g/mol. The van der Waals surface area contributed by atoms with Crippen molar-refractivity contribution in [3.05, 3.63) is 59.4 Å². The van der Waals surface area contributed by atoms with E-state index in [4.69, 9.17) is 5.73 Å². The standard InChI is InChI=1S/C16H17FN2/c17-14-7-3-8-15(18)13(14)11-19-10-4-6-12-5-1-2-9-16(12)19/h1-3,5,7-9H,4,6,10-11,18H2. The zero-order chi connectivity index (χ0) is 13.2. The van der Waals surface area contributed by atoms with Crippen molar-refractivity contribution in [1.29, 1.82) is 0 Å². The van der Waals surface area contributed by atoms with Crippen LogP contribution < -0.4 is 10.6 Å². The number of hydrogen-bond acceptors (Lipinski definition) is 2. The van der Waals surface area contributed by atoms with Crippen molar-refractivity contribution in [2.45, 2.75) is 19.4 Å². The summed E-state index contributed by atoms with van der Waals surface area (Å²) in [5.74, 6) is -0.219. The van der Waals surface area contributed by atoms with Crippen LogP contribution in [0, 0.1) is 5.82 Å². The highest BCUT2D eigenvalue weighted by Crippen LogP contribution is 2.29. The highest BCUT2D eigenvalue weighted by Gasteiger charge is 2.18. The summed E-state index contributed by atoms with van der Waals surface area (Å²) in [4.78, 5) is 2.22. The molecule has 1 aliphatic rings. The number of aryl methyl sites for hydroxylation is 1. The largest absolute Gasteiger partial charge is 0.398 e. The Kier molecular flexibility index (Phi) is 3.11. The predicted octanol–water partition coefficient (Wildman–Crippen LogP) is 3.36. The van der Waals surface area contributed by atoms with Gasteiger partial charge in [-0.05, 0) is 36.6 Å². The Morgan fingerprint density at radius 2 is 1.95 bits per heavy atom. The van der Waals surface area contributed by atoms with Crippen LogP contribution in [0.2, 0.25) is 0 Å². The smallest absolute Gasteiger partial charge is 0.130 e. The fourth-order valence-corrected chi connectivity index (χ4v) is 2.71. The van der Waals surface area contributed by atoms with Gasteiger partial charge in [0.1, 0.15) is 5.82 Å². The predicted molar refractivity (Wildman–Crippen MR) is 76.6 cm³/mol. The molecule has 19 heavy (non-hydrogen) atoms. The van der Waals surface area contributed by atoms with E-state index < -0.39 is 0 Å². The van der Waals surface area contributed by atoms with Gasteiger partial charge in [0.15, 0.2) is 0 Å². The molecule has 3 rings (SSSR count). The molecule has 1 heterocycles. The molecule has 0 saturated carbocycles. The van der Waals surface area contributed by atoms with E-state index >= 15 is 0 Å². The minimum absolute atomic E-state index is 0.219. The van der Waals surface area contributed by atoms with E-state index in [1.165, 1.54) is 17.3 Å². The number of hydrogen-bond donors (Lipinski definition) is 1. The van der Waals surface area contributed by atoms with Crippen LogP contribution in [0.5, 0.6) is 0 Å². The monoisotopic (exact) mass is 256 g/mol. The first-order valence-electron chi connectivity index (χ1n) is 6.61. The van der Waals surface area contributed by atoms with Crippen LogP contribution in [0.4, 0.5) is 15.8 Å². The van der Waals surface area contributed by atoms with Crippen molar-refractivity contribution in [3.63, 3.8) is 0 Å².